The van der Waals surface area contributed by atoms with E-state index in [0.717, 1.165) is 22.8 Å². The zero-order chi connectivity index (χ0) is 17.6. The summed E-state index contributed by atoms with van der Waals surface area (Å²) in [5.74, 6) is 1.97. The molecule has 130 valence electrons. The lowest BCUT2D eigenvalue weighted by molar-refractivity contribution is -0.120. The third-order valence-corrected chi connectivity index (χ3v) is 3.63. The van der Waals surface area contributed by atoms with Gasteiger partial charge in [0.1, 0.15) is 11.5 Å². The van der Waals surface area contributed by atoms with E-state index in [4.69, 9.17) is 13.8 Å². The molecule has 7 nitrogen and oxygen atoms in total. The fourth-order valence-electron chi connectivity index (χ4n) is 2.40. The molecule has 25 heavy (non-hydrogen) atoms. The quantitative estimate of drug-likeness (QED) is 0.710. The van der Waals surface area contributed by atoms with Gasteiger partial charge in [0.25, 0.3) is 0 Å². The molecule has 0 saturated carbocycles. The SMILES string of the molecule is COc1cccc(-c2cc(CC(=O)NCCc3cc(C)on3)no2)c1. The maximum absolute atomic E-state index is 12.0. The average molecular weight is 341 g/mol. The number of carbonyl (C=O) groups is 1. The maximum atomic E-state index is 12.0. The first kappa shape index (κ1) is 16.8. The largest absolute Gasteiger partial charge is 0.497 e. The van der Waals surface area contributed by atoms with Gasteiger partial charge in [-0.2, -0.15) is 0 Å². The number of hydrogen-bond acceptors (Lipinski definition) is 6. The van der Waals surface area contributed by atoms with Crippen LogP contribution in [0.2, 0.25) is 0 Å². The molecule has 0 fully saturated rings. The van der Waals surface area contributed by atoms with E-state index in [2.05, 4.69) is 15.6 Å². The highest BCUT2D eigenvalue weighted by atomic mass is 16.5. The zero-order valence-corrected chi connectivity index (χ0v) is 14.1. The number of hydrogen-bond donors (Lipinski definition) is 1. The van der Waals surface area contributed by atoms with Gasteiger partial charge < -0.3 is 19.1 Å². The molecule has 1 N–H and O–H groups in total. The minimum absolute atomic E-state index is 0.120. The molecule has 2 aromatic heterocycles. The highest BCUT2D eigenvalue weighted by Crippen LogP contribution is 2.24. The first-order valence-corrected chi connectivity index (χ1v) is 7.93. The van der Waals surface area contributed by atoms with Crippen LogP contribution in [-0.4, -0.2) is 29.9 Å². The number of rotatable bonds is 7. The molecule has 3 aromatic rings. The van der Waals surface area contributed by atoms with Crippen molar-refractivity contribution >= 4 is 5.91 Å². The first-order valence-electron chi connectivity index (χ1n) is 7.93. The van der Waals surface area contributed by atoms with E-state index < -0.39 is 0 Å². The predicted molar refractivity (Wildman–Crippen MR) is 90.1 cm³/mol. The molecule has 0 bridgehead atoms. The normalized spacial score (nSPS) is 10.6. The summed E-state index contributed by atoms with van der Waals surface area (Å²) in [7, 11) is 1.61. The standard InChI is InChI=1S/C18H19N3O4/c1-12-8-14(20-24-12)6-7-19-18(22)11-15-10-17(25-21-15)13-4-3-5-16(9-13)23-2/h3-5,8-10H,6-7,11H2,1-2H3,(H,19,22). The number of aromatic nitrogens is 2. The Morgan fingerprint density at radius 3 is 2.76 bits per heavy atom. The number of benzene rings is 1. The zero-order valence-electron chi connectivity index (χ0n) is 14.1. The number of ether oxygens (including phenoxy) is 1. The highest BCUT2D eigenvalue weighted by Gasteiger charge is 2.11. The van der Waals surface area contributed by atoms with E-state index in [-0.39, 0.29) is 12.3 Å². The maximum Gasteiger partial charge on any atom is 0.226 e. The van der Waals surface area contributed by atoms with Gasteiger partial charge in [0, 0.05) is 30.7 Å². The second kappa shape index (κ2) is 7.65. The van der Waals surface area contributed by atoms with Crippen LogP contribution in [0.4, 0.5) is 0 Å². The van der Waals surface area contributed by atoms with Gasteiger partial charge in [-0.25, -0.2) is 0 Å². The summed E-state index contributed by atoms with van der Waals surface area (Å²) < 4.78 is 15.5. The molecule has 0 aliphatic rings. The monoisotopic (exact) mass is 341 g/mol. The molecule has 0 radical (unpaired) electrons. The van der Waals surface area contributed by atoms with Crippen LogP contribution in [0.15, 0.2) is 45.4 Å². The van der Waals surface area contributed by atoms with Crippen LogP contribution in [0.5, 0.6) is 5.75 Å². The van der Waals surface area contributed by atoms with Gasteiger partial charge in [0.15, 0.2) is 5.76 Å². The van der Waals surface area contributed by atoms with Crippen molar-refractivity contribution in [2.45, 2.75) is 19.8 Å². The molecule has 0 aliphatic carbocycles. The number of carbonyl (C=O) groups excluding carboxylic acids is 1. The summed E-state index contributed by atoms with van der Waals surface area (Å²) in [6.45, 7) is 2.32. The second-order valence-corrected chi connectivity index (χ2v) is 5.62. The molecule has 1 amide bonds. The summed E-state index contributed by atoms with van der Waals surface area (Å²) in [4.78, 5) is 12.0. The summed E-state index contributed by atoms with van der Waals surface area (Å²) in [5, 5.41) is 10.7. The molecule has 0 spiro atoms. The van der Waals surface area contributed by atoms with E-state index in [0.29, 0.717) is 24.4 Å². The van der Waals surface area contributed by atoms with Crippen molar-refractivity contribution in [3.8, 4) is 17.1 Å². The Balaban J connectivity index is 1.52. The molecule has 3 rings (SSSR count). The minimum atomic E-state index is -0.120. The van der Waals surface area contributed by atoms with Crippen LogP contribution < -0.4 is 10.1 Å². The lowest BCUT2D eigenvalue weighted by atomic mass is 10.1. The molecule has 0 unspecified atom stereocenters. The Morgan fingerprint density at radius 1 is 1.16 bits per heavy atom. The summed E-state index contributed by atoms with van der Waals surface area (Å²) in [6.07, 6.45) is 0.780. The van der Waals surface area contributed by atoms with Crippen molar-refractivity contribution < 1.29 is 18.6 Å². The number of nitrogens with one attached hydrogen (secondary N) is 1. The summed E-state index contributed by atoms with van der Waals surface area (Å²) in [6, 6.07) is 11.1. The van der Waals surface area contributed by atoms with Crippen LogP contribution >= 0.6 is 0 Å². The van der Waals surface area contributed by atoms with Gasteiger partial charge in [0.2, 0.25) is 5.91 Å². The van der Waals surface area contributed by atoms with E-state index in [1.165, 1.54) is 0 Å². The molecule has 0 atom stereocenters. The molecule has 0 saturated heterocycles. The van der Waals surface area contributed by atoms with Gasteiger partial charge in [-0.05, 0) is 19.1 Å². The third-order valence-electron chi connectivity index (χ3n) is 3.63. The van der Waals surface area contributed by atoms with E-state index in [1.807, 2.05) is 37.3 Å². The molecular formula is C18H19N3O4. The topological polar surface area (TPSA) is 90.4 Å². The Hall–Kier alpha value is -3.09. The van der Waals surface area contributed by atoms with Crippen molar-refractivity contribution in [3.05, 3.63) is 53.5 Å². The van der Waals surface area contributed by atoms with Crippen LogP contribution in [-0.2, 0) is 17.6 Å². The molecule has 1 aromatic carbocycles. The molecule has 7 heteroatoms. The number of methoxy groups -OCH3 is 1. The van der Waals surface area contributed by atoms with Crippen LogP contribution in [0.25, 0.3) is 11.3 Å². The number of aryl methyl sites for hydroxylation is 1. The van der Waals surface area contributed by atoms with Gasteiger partial charge in [-0.15, -0.1) is 0 Å². The Labute approximate surface area is 144 Å². The Kier molecular flexibility index (Phi) is 5.13. The van der Waals surface area contributed by atoms with Crippen LogP contribution in [0.1, 0.15) is 17.1 Å². The van der Waals surface area contributed by atoms with Crippen molar-refractivity contribution in [2.24, 2.45) is 0 Å². The highest BCUT2D eigenvalue weighted by molar-refractivity contribution is 5.78. The van der Waals surface area contributed by atoms with Gasteiger partial charge in [-0.3, -0.25) is 4.79 Å². The average Bonchev–Trinajstić information content (AvgIpc) is 3.24. The Morgan fingerprint density at radius 2 is 2.00 bits per heavy atom. The van der Waals surface area contributed by atoms with Crippen LogP contribution in [0, 0.1) is 6.92 Å². The van der Waals surface area contributed by atoms with Crippen molar-refractivity contribution in [2.75, 3.05) is 13.7 Å². The van der Waals surface area contributed by atoms with Gasteiger partial charge in [-0.1, -0.05) is 22.4 Å². The predicted octanol–water partition coefficient (Wildman–Crippen LogP) is 2.55. The second-order valence-electron chi connectivity index (χ2n) is 5.62. The van der Waals surface area contributed by atoms with E-state index >= 15 is 0 Å². The van der Waals surface area contributed by atoms with Crippen molar-refractivity contribution in [1.29, 1.82) is 0 Å². The van der Waals surface area contributed by atoms with E-state index in [9.17, 15) is 4.79 Å². The van der Waals surface area contributed by atoms with Gasteiger partial charge in [0.05, 0.1) is 24.9 Å². The third kappa shape index (κ3) is 4.47. The lowest BCUT2D eigenvalue weighted by Crippen LogP contribution is -2.27. The van der Waals surface area contributed by atoms with Crippen molar-refractivity contribution in [1.82, 2.24) is 15.6 Å². The molecule has 2 heterocycles. The number of nitrogens with zero attached hydrogens (tertiary/aromatic N) is 2. The molecule has 0 aliphatic heterocycles. The number of amides is 1. The smallest absolute Gasteiger partial charge is 0.226 e. The van der Waals surface area contributed by atoms with Crippen molar-refractivity contribution in [3.63, 3.8) is 0 Å². The Bertz CT molecular complexity index is 853. The first-order chi connectivity index (χ1) is 12.1. The summed E-state index contributed by atoms with van der Waals surface area (Å²) >= 11 is 0. The van der Waals surface area contributed by atoms with E-state index in [1.54, 1.807) is 13.2 Å². The lowest BCUT2D eigenvalue weighted by Gasteiger charge is -2.01. The fourth-order valence-corrected chi connectivity index (χ4v) is 2.40. The van der Waals surface area contributed by atoms with Gasteiger partial charge >= 0.3 is 0 Å². The summed E-state index contributed by atoms with van der Waals surface area (Å²) in [5.41, 5.74) is 2.24. The fraction of sp³-hybridized carbons (Fsp3) is 0.278. The minimum Gasteiger partial charge on any atom is -0.497 e. The molecular weight excluding hydrogens is 322 g/mol. The van der Waals surface area contributed by atoms with Crippen LogP contribution in [0.3, 0.4) is 0 Å².